The highest BCUT2D eigenvalue weighted by Gasteiger charge is 2.82. The van der Waals surface area contributed by atoms with E-state index < -0.39 is 40.4 Å². The van der Waals surface area contributed by atoms with Gasteiger partial charge in [-0.25, -0.2) is 9.69 Å². The van der Waals surface area contributed by atoms with Gasteiger partial charge in [0.1, 0.15) is 0 Å². The monoisotopic (exact) mass is 629 g/mol. The fraction of sp³-hybridized carbons (Fsp3) is 0.143. The number of ketones is 1. The molecule has 0 radical (unpaired) electrons. The Balaban J connectivity index is 1.54. The molecule has 48 heavy (non-hydrogen) atoms. The molecule has 1 aliphatic heterocycles. The van der Waals surface area contributed by atoms with Crippen molar-refractivity contribution in [2.75, 3.05) is 4.90 Å². The average Bonchev–Trinajstić information content (AvgIpc) is 3.62. The van der Waals surface area contributed by atoms with Gasteiger partial charge in [0.15, 0.2) is 5.78 Å². The number of Topliss-reactive ketones (excluding diaryl/α,β-unsaturated/α-hetero) is 1. The molecular weight excluding hydrogens is 598 g/mol. The van der Waals surface area contributed by atoms with Crippen molar-refractivity contribution in [3.8, 4) is 0 Å². The molecule has 1 heterocycles. The summed E-state index contributed by atoms with van der Waals surface area (Å²) >= 11 is 0. The molecule has 3 aliphatic rings. The molecule has 2 fully saturated rings. The zero-order chi connectivity index (χ0) is 33.4. The fourth-order valence-electron chi connectivity index (χ4n) is 8.60. The highest BCUT2D eigenvalue weighted by molar-refractivity contribution is 6.39. The third-order valence-corrected chi connectivity index (χ3v) is 10.5. The third kappa shape index (κ3) is 3.74. The van der Waals surface area contributed by atoms with Crippen LogP contribution in [0.3, 0.4) is 0 Å². The van der Waals surface area contributed by atoms with E-state index in [-0.39, 0.29) is 17.0 Å². The first kappa shape index (κ1) is 29.5. The van der Waals surface area contributed by atoms with Gasteiger partial charge in [-0.05, 0) is 65.4 Å². The summed E-state index contributed by atoms with van der Waals surface area (Å²) in [7, 11) is 0. The summed E-state index contributed by atoms with van der Waals surface area (Å²) in [5.41, 5.74) is 3.50. The van der Waals surface area contributed by atoms with E-state index in [0.717, 1.165) is 38.3 Å². The van der Waals surface area contributed by atoms with Gasteiger partial charge in [-0.15, -0.1) is 0 Å². The lowest BCUT2D eigenvalue weighted by Crippen LogP contribution is -2.45. The number of aryl methyl sites for hydroxylation is 2. The van der Waals surface area contributed by atoms with E-state index in [9.17, 15) is 9.90 Å². The standard InChI is InChI=1S/C42H31NO5/c1-25-16-20-27(21-17-25)33-34(28-22-18-26(2)19-23-28)42(31-13-7-4-8-14-31)36-35(41(33,40(42)48)30-11-5-3-6-12-30)37(44)43(38(36)45)32-15-9-10-29(24-32)39(46)47/h3-24,35-36H,1-2H3,(H,46,47)/t35-,36+,41-,42+. The van der Waals surface area contributed by atoms with Crippen LogP contribution in [0.4, 0.5) is 5.69 Å². The molecule has 2 amide bonds. The number of carboxylic acid groups (broad SMARTS) is 1. The smallest absolute Gasteiger partial charge is 0.335 e. The molecule has 234 valence electrons. The van der Waals surface area contributed by atoms with Gasteiger partial charge in [0.25, 0.3) is 0 Å². The largest absolute Gasteiger partial charge is 0.478 e. The average molecular weight is 630 g/mol. The Labute approximate surface area is 278 Å². The molecule has 1 N–H and O–H groups in total. The first-order valence-corrected chi connectivity index (χ1v) is 16.0. The van der Waals surface area contributed by atoms with Crippen LogP contribution in [0.2, 0.25) is 0 Å². The Hall–Kier alpha value is -5.88. The molecule has 6 heteroatoms. The van der Waals surface area contributed by atoms with Crippen molar-refractivity contribution in [3.05, 3.63) is 172 Å². The van der Waals surface area contributed by atoms with Gasteiger partial charge in [-0.2, -0.15) is 0 Å². The minimum Gasteiger partial charge on any atom is -0.478 e. The number of fused-ring (bicyclic) bond motifs is 5. The van der Waals surface area contributed by atoms with Crippen LogP contribution in [-0.2, 0) is 25.2 Å². The Morgan fingerprint density at radius 1 is 0.583 bits per heavy atom. The molecule has 8 rings (SSSR count). The maximum atomic E-state index is 16.0. The van der Waals surface area contributed by atoms with Crippen LogP contribution in [0.5, 0.6) is 0 Å². The van der Waals surface area contributed by atoms with Crippen LogP contribution in [0.15, 0.2) is 133 Å². The molecular formula is C42H31NO5. The van der Waals surface area contributed by atoms with Crippen molar-refractivity contribution in [2.45, 2.75) is 24.7 Å². The number of imide groups is 1. The second kappa shape index (κ2) is 10.6. The second-order valence-corrected chi connectivity index (χ2v) is 13.0. The van der Waals surface area contributed by atoms with Crippen molar-refractivity contribution < 1.29 is 24.3 Å². The van der Waals surface area contributed by atoms with E-state index in [1.54, 1.807) is 6.07 Å². The molecule has 0 unspecified atom stereocenters. The van der Waals surface area contributed by atoms with Gasteiger partial charge in [-0.3, -0.25) is 14.4 Å². The van der Waals surface area contributed by atoms with Gasteiger partial charge >= 0.3 is 5.97 Å². The number of nitrogens with zero attached hydrogens (tertiary/aromatic N) is 1. The molecule has 1 saturated heterocycles. The number of hydrogen-bond acceptors (Lipinski definition) is 4. The molecule has 5 aromatic carbocycles. The number of amides is 2. The summed E-state index contributed by atoms with van der Waals surface area (Å²) in [5, 5.41) is 9.77. The molecule has 0 spiro atoms. The highest BCUT2D eigenvalue weighted by atomic mass is 16.4. The second-order valence-electron chi connectivity index (χ2n) is 13.0. The summed E-state index contributed by atoms with van der Waals surface area (Å²) in [4.78, 5) is 59.2. The van der Waals surface area contributed by atoms with E-state index in [4.69, 9.17) is 0 Å². The van der Waals surface area contributed by atoms with Gasteiger partial charge in [0, 0.05) is 0 Å². The minimum absolute atomic E-state index is 0.0430. The number of anilines is 1. The lowest BCUT2D eigenvalue weighted by atomic mass is 9.59. The summed E-state index contributed by atoms with van der Waals surface area (Å²) in [6.07, 6.45) is 0. The van der Waals surface area contributed by atoms with Crippen LogP contribution in [0.1, 0.15) is 43.7 Å². The SMILES string of the molecule is Cc1ccc(C2=C(c3ccc(C)cc3)[C@@]3(c4ccccc4)C(=O)[C@]2(c2ccccc2)[C@@H]2C(=O)N(c4cccc(C(=O)O)c4)C(=O)[C@@H]23)cc1. The van der Waals surface area contributed by atoms with Crippen LogP contribution in [0.25, 0.3) is 11.1 Å². The lowest BCUT2D eigenvalue weighted by molar-refractivity contribution is -0.130. The number of hydrogen-bond donors (Lipinski definition) is 1. The Morgan fingerprint density at radius 3 is 1.44 bits per heavy atom. The Bertz CT molecular complexity index is 2060. The zero-order valence-corrected chi connectivity index (χ0v) is 26.4. The van der Waals surface area contributed by atoms with Gasteiger partial charge in [0.2, 0.25) is 11.8 Å². The minimum atomic E-state index is -1.52. The van der Waals surface area contributed by atoms with Gasteiger partial charge in [0.05, 0.1) is 33.9 Å². The number of aromatic carboxylic acids is 1. The molecule has 2 aliphatic carbocycles. The predicted octanol–water partition coefficient (Wildman–Crippen LogP) is 7.19. The number of carbonyl (C=O) groups is 4. The van der Waals surface area contributed by atoms with Gasteiger partial charge < -0.3 is 5.11 Å². The fourth-order valence-corrected chi connectivity index (χ4v) is 8.60. The summed E-state index contributed by atoms with van der Waals surface area (Å²) < 4.78 is 0. The highest BCUT2D eigenvalue weighted by Crippen LogP contribution is 2.74. The molecule has 0 aromatic heterocycles. The lowest BCUT2D eigenvalue weighted by Gasteiger charge is -2.39. The van der Waals surface area contributed by atoms with Gasteiger partial charge in [-0.1, -0.05) is 126 Å². The number of carboxylic acids is 1. The van der Waals surface area contributed by atoms with E-state index in [1.165, 1.54) is 18.2 Å². The van der Waals surface area contributed by atoms with Crippen molar-refractivity contribution in [2.24, 2.45) is 11.8 Å². The van der Waals surface area contributed by atoms with E-state index >= 15 is 14.4 Å². The third-order valence-electron chi connectivity index (χ3n) is 10.5. The van der Waals surface area contributed by atoms with Crippen molar-refractivity contribution >= 4 is 40.4 Å². The molecule has 1 saturated carbocycles. The number of benzene rings is 5. The predicted molar refractivity (Wildman–Crippen MR) is 183 cm³/mol. The van der Waals surface area contributed by atoms with Crippen molar-refractivity contribution in [3.63, 3.8) is 0 Å². The van der Waals surface area contributed by atoms with Crippen molar-refractivity contribution in [1.82, 2.24) is 0 Å². The maximum Gasteiger partial charge on any atom is 0.335 e. The van der Waals surface area contributed by atoms with E-state index in [1.807, 2.05) is 123 Å². The Kier molecular flexibility index (Phi) is 6.50. The zero-order valence-electron chi connectivity index (χ0n) is 26.4. The first-order chi connectivity index (χ1) is 23.2. The van der Waals surface area contributed by atoms with Crippen molar-refractivity contribution in [1.29, 1.82) is 0 Å². The Morgan fingerprint density at radius 2 is 1.02 bits per heavy atom. The molecule has 4 atom stereocenters. The van der Waals surface area contributed by atoms with E-state index in [2.05, 4.69) is 0 Å². The number of carbonyl (C=O) groups excluding carboxylic acids is 3. The van der Waals surface area contributed by atoms with Crippen LogP contribution in [0, 0.1) is 25.7 Å². The maximum absolute atomic E-state index is 16.0. The summed E-state index contributed by atoms with van der Waals surface area (Å²) in [6.45, 7) is 4.00. The first-order valence-electron chi connectivity index (χ1n) is 16.0. The summed E-state index contributed by atoms with van der Waals surface area (Å²) in [6, 6.07) is 40.6. The van der Waals surface area contributed by atoms with E-state index in [0.29, 0.717) is 11.1 Å². The summed E-state index contributed by atoms with van der Waals surface area (Å²) in [5.74, 6) is -4.57. The topological polar surface area (TPSA) is 91.8 Å². The molecule has 5 aromatic rings. The number of allylic oxidation sites excluding steroid dienone is 2. The molecule has 6 nitrogen and oxygen atoms in total. The molecule has 2 bridgehead atoms. The normalized spacial score (nSPS) is 24.4. The van der Waals surface area contributed by atoms with Crippen LogP contribution < -0.4 is 4.90 Å². The number of rotatable bonds is 6. The quantitative estimate of drug-likeness (QED) is 0.201. The van der Waals surface area contributed by atoms with Crippen LogP contribution in [-0.4, -0.2) is 28.7 Å². The van der Waals surface area contributed by atoms with Crippen LogP contribution >= 0.6 is 0 Å².